The molecule has 1 aromatic heterocycles. The van der Waals surface area contributed by atoms with Crippen LogP contribution in [-0.2, 0) is 22.6 Å². The van der Waals surface area contributed by atoms with Gasteiger partial charge in [0, 0.05) is 25.5 Å². The first-order valence-corrected chi connectivity index (χ1v) is 10.1. The molecule has 8 nitrogen and oxygen atoms in total. The average molecular weight is 436 g/mol. The molecule has 0 spiro atoms. The van der Waals surface area contributed by atoms with Crippen LogP contribution in [0.3, 0.4) is 0 Å². The summed E-state index contributed by atoms with van der Waals surface area (Å²) in [6, 6.07) is 15.0. The SMILES string of the molecule is Cc1nc(CCOc2cccc(CN(CC(=O)O)C(=O)C(=O)c3ccccc3)c2)c(C)o1. The number of aromatic nitrogens is 1. The zero-order valence-electron chi connectivity index (χ0n) is 17.9. The number of rotatable bonds is 10. The van der Waals surface area contributed by atoms with Crippen LogP contribution in [0.15, 0.2) is 59.0 Å². The quantitative estimate of drug-likeness (QED) is 0.384. The van der Waals surface area contributed by atoms with Gasteiger partial charge in [-0.1, -0.05) is 42.5 Å². The van der Waals surface area contributed by atoms with Crippen molar-refractivity contribution in [3.63, 3.8) is 0 Å². The number of aliphatic carboxylic acids is 1. The zero-order valence-corrected chi connectivity index (χ0v) is 17.9. The highest BCUT2D eigenvalue weighted by Crippen LogP contribution is 2.17. The molecule has 0 saturated heterocycles. The molecule has 8 heteroatoms. The zero-order chi connectivity index (χ0) is 23.1. The van der Waals surface area contributed by atoms with Crippen molar-refractivity contribution in [1.82, 2.24) is 9.88 Å². The van der Waals surface area contributed by atoms with Gasteiger partial charge in [-0.15, -0.1) is 0 Å². The Morgan fingerprint density at radius 1 is 1.06 bits per heavy atom. The van der Waals surface area contributed by atoms with Crippen molar-refractivity contribution in [3.8, 4) is 5.75 Å². The number of carbonyl (C=O) groups excluding carboxylic acids is 2. The van der Waals surface area contributed by atoms with Gasteiger partial charge in [0.05, 0.1) is 12.3 Å². The fourth-order valence-electron chi connectivity index (χ4n) is 3.24. The molecule has 0 aliphatic rings. The first kappa shape index (κ1) is 22.7. The molecule has 1 amide bonds. The minimum Gasteiger partial charge on any atom is -0.493 e. The molecule has 1 N–H and O–H groups in total. The van der Waals surface area contributed by atoms with Crippen LogP contribution in [0.5, 0.6) is 5.75 Å². The van der Waals surface area contributed by atoms with Crippen LogP contribution in [0, 0.1) is 13.8 Å². The smallest absolute Gasteiger partial charge is 0.323 e. The second-order valence-electron chi connectivity index (χ2n) is 7.23. The predicted molar refractivity (Wildman–Crippen MR) is 115 cm³/mol. The minimum absolute atomic E-state index is 0.0392. The van der Waals surface area contributed by atoms with E-state index in [1.807, 2.05) is 6.92 Å². The maximum atomic E-state index is 12.7. The highest BCUT2D eigenvalue weighted by molar-refractivity contribution is 6.42. The number of oxazole rings is 1. The Balaban J connectivity index is 1.67. The Hall–Kier alpha value is -3.94. The lowest BCUT2D eigenvalue weighted by atomic mass is 10.1. The fourth-order valence-corrected chi connectivity index (χ4v) is 3.24. The van der Waals surface area contributed by atoms with Gasteiger partial charge < -0.3 is 19.2 Å². The van der Waals surface area contributed by atoms with Crippen molar-refractivity contribution < 1.29 is 28.6 Å². The number of hydrogen-bond acceptors (Lipinski definition) is 6. The van der Waals surface area contributed by atoms with Crippen LogP contribution >= 0.6 is 0 Å². The molecule has 32 heavy (non-hydrogen) atoms. The number of ether oxygens (including phenoxy) is 1. The second-order valence-corrected chi connectivity index (χ2v) is 7.23. The van der Waals surface area contributed by atoms with Gasteiger partial charge in [0.1, 0.15) is 18.1 Å². The summed E-state index contributed by atoms with van der Waals surface area (Å²) in [5.41, 5.74) is 1.69. The highest BCUT2D eigenvalue weighted by atomic mass is 16.5. The van der Waals surface area contributed by atoms with Gasteiger partial charge in [-0.3, -0.25) is 14.4 Å². The summed E-state index contributed by atoms with van der Waals surface area (Å²) < 4.78 is 11.2. The summed E-state index contributed by atoms with van der Waals surface area (Å²) >= 11 is 0. The normalized spacial score (nSPS) is 10.6. The summed E-state index contributed by atoms with van der Waals surface area (Å²) in [4.78, 5) is 41.8. The molecule has 2 aromatic carbocycles. The van der Waals surface area contributed by atoms with Gasteiger partial charge in [0.2, 0.25) is 5.78 Å². The predicted octanol–water partition coefficient (Wildman–Crippen LogP) is 3.21. The topological polar surface area (TPSA) is 110 Å². The van der Waals surface area contributed by atoms with Gasteiger partial charge in [-0.2, -0.15) is 0 Å². The number of carbonyl (C=O) groups is 3. The lowest BCUT2D eigenvalue weighted by molar-refractivity contribution is -0.143. The van der Waals surface area contributed by atoms with Crippen molar-refractivity contribution in [1.29, 1.82) is 0 Å². The van der Waals surface area contributed by atoms with Crippen molar-refractivity contribution in [3.05, 3.63) is 83.1 Å². The van der Waals surface area contributed by atoms with Crippen molar-refractivity contribution in [2.45, 2.75) is 26.8 Å². The van der Waals surface area contributed by atoms with E-state index < -0.39 is 24.2 Å². The van der Waals surface area contributed by atoms with Gasteiger partial charge in [-0.05, 0) is 24.6 Å². The molecule has 0 fully saturated rings. The van der Waals surface area contributed by atoms with E-state index in [1.54, 1.807) is 49.4 Å². The number of aryl methyl sites for hydroxylation is 2. The monoisotopic (exact) mass is 436 g/mol. The Labute approximate surface area is 185 Å². The van der Waals surface area contributed by atoms with E-state index in [0.29, 0.717) is 30.2 Å². The van der Waals surface area contributed by atoms with E-state index in [1.165, 1.54) is 12.1 Å². The van der Waals surface area contributed by atoms with E-state index in [0.717, 1.165) is 16.4 Å². The summed E-state index contributed by atoms with van der Waals surface area (Å²) in [5, 5.41) is 9.22. The largest absolute Gasteiger partial charge is 0.493 e. The number of amides is 1. The second kappa shape index (κ2) is 10.4. The lowest BCUT2D eigenvalue weighted by Gasteiger charge is -2.20. The van der Waals surface area contributed by atoms with Crippen LogP contribution in [-0.4, -0.2) is 45.8 Å². The molecular formula is C24H24N2O6. The van der Waals surface area contributed by atoms with Gasteiger partial charge in [0.15, 0.2) is 5.89 Å². The third kappa shape index (κ3) is 6.04. The van der Waals surface area contributed by atoms with Crippen molar-refractivity contribution in [2.24, 2.45) is 0 Å². The lowest BCUT2D eigenvalue weighted by Crippen LogP contribution is -2.39. The molecule has 0 saturated carbocycles. The Kier molecular flexibility index (Phi) is 7.38. The third-order valence-electron chi connectivity index (χ3n) is 4.72. The number of carboxylic acid groups (broad SMARTS) is 1. The first-order valence-electron chi connectivity index (χ1n) is 10.1. The summed E-state index contributed by atoms with van der Waals surface area (Å²) in [5.74, 6) is -0.903. The minimum atomic E-state index is -1.20. The average Bonchev–Trinajstić information content (AvgIpc) is 3.09. The third-order valence-corrected chi connectivity index (χ3v) is 4.72. The van der Waals surface area contributed by atoms with Crippen LogP contribution in [0.25, 0.3) is 0 Å². The molecule has 0 aliphatic heterocycles. The first-order chi connectivity index (χ1) is 15.3. The summed E-state index contributed by atoms with van der Waals surface area (Å²) in [7, 11) is 0. The van der Waals surface area contributed by atoms with E-state index >= 15 is 0 Å². The van der Waals surface area contributed by atoms with Crippen LogP contribution in [0.4, 0.5) is 0 Å². The molecule has 0 bridgehead atoms. The number of hydrogen-bond donors (Lipinski definition) is 1. The number of Topliss-reactive ketones (excluding diaryl/α,β-unsaturated/α-hetero) is 1. The maximum absolute atomic E-state index is 12.7. The molecule has 0 unspecified atom stereocenters. The van der Waals surface area contributed by atoms with Crippen LogP contribution in [0.2, 0.25) is 0 Å². The fraction of sp³-hybridized carbons (Fsp3) is 0.250. The Morgan fingerprint density at radius 3 is 2.47 bits per heavy atom. The number of benzene rings is 2. The van der Waals surface area contributed by atoms with E-state index in [9.17, 15) is 19.5 Å². The number of nitrogens with zero attached hydrogens (tertiary/aromatic N) is 2. The van der Waals surface area contributed by atoms with E-state index in [4.69, 9.17) is 9.15 Å². The maximum Gasteiger partial charge on any atom is 0.323 e. The summed E-state index contributed by atoms with van der Waals surface area (Å²) in [6.07, 6.45) is 0.572. The Bertz CT molecular complexity index is 1110. The van der Waals surface area contributed by atoms with Gasteiger partial charge in [-0.25, -0.2) is 4.98 Å². The molecule has 3 aromatic rings. The number of carboxylic acids is 1. The van der Waals surface area contributed by atoms with Crippen LogP contribution in [0.1, 0.15) is 33.3 Å². The molecule has 0 aliphatic carbocycles. The van der Waals surface area contributed by atoms with Gasteiger partial charge >= 0.3 is 5.97 Å². The van der Waals surface area contributed by atoms with Crippen LogP contribution < -0.4 is 4.74 Å². The Morgan fingerprint density at radius 2 is 1.81 bits per heavy atom. The summed E-state index contributed by atoms with van der Waals surface area (Å²) in [6.45, 7) is 3.38. The van der Waals surface area contributed by atoms with Gasteiger partial charge in [0.25, 0.3) is 5.91 Å². The van der Waals surface area contributed by atoms with Crippen molar-refractivity contribution >= 4 is 17.7 Å². The molecule has 0 atom stereocenters. The molecule has 0 radical (unpaired) electrons. The highest BCUT2D eigenvalue weighted by Gasteiger charge is 2.25. The molecule has 1 heterocycles. The number of ketones is 1. The molecular weight excluding hydrogens is 412 g/mol. The van der Waals surface area contributed by atoms with E-state index in [2.05, 4.69) is 4.98 Å². The standard InChI is InChI=1S/C24H24N2O6/c1-16-21(25-17(2)32-16)11-12-31-20-10-6-7-18(13-20)14-26(15-22(27)28)24(30)23(29)19-8-4-3-5-9-19/h3-10,13H,11-12,14-15H2,1-2H3,(H,27,28). The van der Waals surface area contributed by atoms with Crippen molar-refractivity contribution in [2.75, 3.05) is 13.2 Å². The molecule has 3 rings (SSSR count). The molecule has 166 valence electrons. The van der Waals surface area contributed by atoms with E-state index in [-0.39, 0.29) is 12.1 Å².